The Bertz CT molecular complexity index is 1290. The lowest BCUT2D eigenvalue weighted by Gasteiger charge is -2.34. The number of rotatable bonds is 5. The molecule has 2 aromatic carbocycles. The van der Waals surface area contributed by atoms with E-state index in [1.807, 2.05) is 24.0 Å². The SMILES string of the molecule is CCOC(=O)C1CCN(c2cc3c(cc2S(=O)(=O)N2CCCC2)C(=O)Nc2cc(C)ccc2O3)CC1. The molecule has 0 saturated carbocycles. The highest BCUT2D eigenvalue weighted by atomic mass is 32.2. The first-order chi connectivity index (χ1) is 17.3. The van der Waals surface area contributed by atoms with Crippen LogP contribution in [0.3, 0.4) is 0 Å². The Balaban J connectivity index is 1.56. The number of nitrogens with zero attached hydrogens (tertiary/aromatic N) is 2. The summed E-state index contributed by atoms with van der Waals surface area (Å²) < 4.78 is 40.3. The molecule has 3 aliphatic heterocycles. The molecule has 1 amide bonds. The predicted molar refractivity (Wildman–Crippen MR) is 135 cm³/mol. The molecular formula is C26H31N3O6S. The molecule has 192 valence electrons. The maximum Gasteiger partial charge on any atom is 0.309 e. The number of hydrogen-bond acceptors (Lipinski definition) is 7. The van der Waals surface area contributed by atoms with Gasteiger partial charge in [-0.15, -0.1) is 0 Å². The summed E-state index contributed by atoms with van der Waals surface area (Å²) in [5.74, 6) is -0.0405. The second kappa shape index (κ2) is 9.74. The van der Waals surface area contributed by atoms with Crippen molar-refractivity contribution in [1.29, 1.82) is 0 Å². The van der Waals surface area contributed by atoms with Gasteiger partial charge in [-0.1, -0.05) is 6.07 Å². The van der Waals surface area contributed by atoms with E-state index in [0.717, 1.165) is 18.4 Å². The van der Waals surface area contributed by atoms with Crippen molar-refractivity contribution in [3.05, 3.63) is 41.5 Å². The molecule has 0 aromatic heterocycles. The molecule has 0 atom stereocenters. The number of anilines is 2. The lowest BCUT2D eigenvalue weighted by atomic mass is 9.96. The number of esters is 1. The van der Waals surface area contributed by atoms with Gasteiger partial charge in [0.15, 0.2) is 5.75 Å². The molecule has 0 aliphatic carbocycles. The molecule has 0 unspecified atom stereocenters. The molecule has 0 spiro atoms. The molecular weight excluding hydrogens is 482 g/mol. The Morgan fingerprint density at radius 1 is 1.08 bits per heavy atom. The first-order valence-electron chi connectivity index (χ1n) is 12.5. The van der Waals surface area contributed by atoms with Gasteiger partial charge in [-0.25, -0.2) is 8.42 Å². The summed E-state index contributed by atoms with van der Waals surface area (Å²) in [4.78, 5) is 27.5. The molecule has 2 saturated heterocycles. The molecule has 0 radical (unpaired) electrons. The average molecular weight is 514 g/mol. The number of aryl methyl sites for hydroxylation is 1. The van der Waals surface area contributed by atoms with E-state index >= 15 is 0 Å². The lowest BCUT2D eigenvalue weighted by molar-refractivity contribution is -0.148. The van der Waals surface area contributed by atoms with E-state index in [1.54, 1.807) is 19.1 Å². The fourth-order valence-electron chi connectivity index (χ4n) is 5.09. The van der Waals surface area contributed by atoms with Crippen LogP contribution in [0, 0.1) is 12.8 Å². The number of amides is 1. The molecule has 2 aromatic rings. The summed E-state index contributed by atoms with van der Waals surface area (Å²) in [7, 11) is -3.84. The van der Waals surface area contributed by atoms with Crippen molar-refractivity contribution >= 4 is 33.3 Å². The Morgan fingerprint density at radius 2 is 1.81 bits per heavy atom. The highest BCUT2D eigenvalue weighted by Gasteiger charge is 2.35. The third kappa shape index (κ3) is 4.55. The number of hydrogen-bond donors (Lipinski definition) is 1. The van der Waals surface area contributed by atoms with Crippen molar-refractivity contribution in [3.8, 4) is 11.5 Å². The molecule has 36 heavy (non-hydrogen) atoms. The first kappa shape index (κ1) is 24.6. The van der Waals surface area contributed by atoms with Crippen LogP contribution in [-0.4, -0.2) is 57.4 Å². The maximum atomic E-state index is 13.7. The van der Waals surface area contributed by atoms with Crippen molar-refractivity contribution in [2.24, 2.45) is 5.92 Å². The van der Waals surface area contributed by atoms with Gasteiger partial charge in [0.2, 0.25) is 10.0 Å². The number of nitrogens with one attached hydrogen (secondary N) is 1. The van der Waals surface area contributed by atoms with Crippen LogP contribution >= 0.6 is 0 Å². The summed E-state index contributed by atoms with van der Waals surface area (Å²) in [6, 6.07) is 8.62. The second-order valence-corrected chi connectivity index (χ2v) is 11.4. The normalized spacial score (nSPS) is 18.6. The van der Waals surface area contributed by atoms with Crippen molar-refractivity contribution in [2.45, 2.75) is 44.4 Å². The van der Waals surface area contributed by atoms with E-state index in [4.69, 9.17) is 9.47 Å². The van der Waals surface area contributed by atoms with Crippen molar-refractivity contribution in [2.75, 3.05) is 43.0 Å². The highest BCUT2D eigenvalue weighted by molar-refractivity contribution is 7.89. The molecule has 5 rings (SSSR count). The third-order valence-corrected chi connectivity index (χ3v) is 8.98. The Morgan fingerprint density at radius 3 is 2.50 bits per heavy atom. The van der Waals surface area contributed by atoms with Gasteiger partial charge in [-0.05, 0) is 63.3 Å². The van der Waals surface area contributed by atoms with E-state index in [2.05, 4.69) is 5.32 Å². The molecule has 1 N–H and O–H groups in total. The molecule has 2 fully saturated rings. The number of sulfonamides is 1. The fraction of sp³-hybridized carbons (Fsp3) is 0.462. The fourth-order valence-corrected chi connectivity index (χ4v) is 6.82. The Kier molecular flexibility index (Phi) is 6.65. The number of carbonyl (C=O) groups excluding carboxylic acids is 2. The van der Waals surface area contributed by atoms with Gasteiger partial charge >= 0.3 is 5.97 Å². The summed E-state index contributed by atoms with van der Waals surface area (Å²) in [6.45, 7) is 5.94. The van der Waals surface area contributed by atoms with E-state index in [0.29, 0.717) is 68.5 Å². The number of fused-ring (bicyclic) bond motifs is 2. The van der Waals surface area contributed by atoms with Crippen LogP contribution in [-0.2, 0) is 19.6 Å². The molecule has 3 aliphatic rings. The van der Waals surface area contributed by atoms with Gasteiger partial charge < -0.3 is 19.7 Å². The number of piperidine rings is 1. The molecule has 3 heterocycles. The van der Waals surface area contributed by atoms with Crippen LogP contribution in [0.25, 0.3) is 0 Å². The Hall–Kier alpha value is -3.11. The van der Waals surface area contributed by atoms with Crippen molar-refractivity contribution < 1.29 is 27.5 Å². The number of ether oxygens (including phenoxy) is 2. The minimum Gasteiger partial charge on any atom is -0.466 e. The predicted octanol–water partition coefficient (Wildman–Crippen LogP) is 3.92. The summed E-state index contributed by atoms with van der Waals surface area (Å²) >= 11 is 0. The van der Waals surface area contributed by atoms with Gasteiger partial charge in [0, 0.05) is 32.2 Å². The van der Waals surface area contributed by atoms with Gasteiger partial charge in [-0.3, -0.25) is 9.59 Å². The second-order valence-electron chi connectivity index (χ2n) is 9.50. The zero-order valence-electron chi connectivity index (χ0n) is 20.6. The lowest BCUT2D eigenvalue weighted by Crippen LogP contribution is -2.38. The number of benzene rings is 2. The Labute approximate surface area is 211 Å². The van der Waals surface area contributed by atoms with E-state index in [-0.39, 0.29) is 22.3 Å². The third-order valence-electron chi connectivity index (χ3n) is 7.05. The summed E-state index contributed by atoms with van der Waals surface area (Å²) in [6.07, 6.45) is 2.73. The van der Waals surface area contributed by atoms with Crippen LogP contribution in [0.15, 0.2) is 35.2 Å². The van der Waals surface area contributed by atoms with Gasteiger partial charge in [0.05, 0.1) is 29.5 Å². The zero-order valence-corrected chi connectivity index (χ0v) is 21.4. The molecule has 10 heteroatoms. The number of carbonyl (C=O) groups is 2. The van der Waals surface area contributed by atoms with Gasteiger partial charge in [0.1, 0.15) is 10.6 Å². The van der Waals surface area contributed by atoms with E-state index in [1.165, 1.54) is 10.4 Å². The van der Waals surface area contributed by atoms with Gasteiger partial charge in [-0.2, -0.15) is 4.31 Å². The average Bonchev–Trinajstić information content (AvgIpc) is 3.37. The van der Waals surface area contributed by atoms with Crippen LogP contribution < -0.4 is 15.0 Å². The largest absolute Gasteiger partial charge is 0.466 e. The van der Waals surface area contributed by atoms with Crippen molar-refractivity contribution in [3.63, 3.8) is 0 Å². The quantitative estimate of drug-likeness (QED) is 0.604. The van der Waals surface area contributed by atoms with Crippen LogP contribution in [0.5, 0.6) is 11.5 Å². The van der Waals surface area contributed by atoms with E-state index < -0.39 is 15.9 Å². The molecule has 9 nitrogen and oxygen atoms in total. The standard InChI is InChI=1S/C26H31N3O6S/c1-3-34-26(31)18-8-12-28(13-9-18)21-16-23-19(15-24(21)36(32,33)29-10-4-5-11-29)25(30)27-20-14-17(2)6-7-22(20)35-23/h6-7,14-16,18H,3-5,8-13H2,1-2H3,(H,27,30). The first-order valence-corrected chi connectivity index (χ1v) is 13.9. The highest BCUT2D eigenvalue weighted by Crippen LogP contribution is 2.42. The minimum atomic E-state index is -3.84. The zero-order chi connectivity index (χ0) is 25.4. The van der Waals surface area contributed by atoms with E-state index in [9.17, 15) is 18.0 Å². The summed E-state index contributed by atoms with van der Waals surface area (Å²) in [5.41, 5.74) is 2.17. The van der Waals surface area contributed by atoms with Gasteiger partial charge in [0.25, 0.3) is 5.91 Å². The smallest absolute Gasteiger partial charge is 0.309 e. The monoisotopic (exact) mass is 513 g/mol. The maximum absolute atomic E-state index is 13.7. The van der Waals surface area contributed by atoms with Crippen LogP contribution in [0.2, 0.25) is 0 Å². The van der Waals surface area contributed by atoms with Crippen molar-refractivity contribution in [1.82, 2.24) is 4.31 Å². The van der Waals surface area contributed by atoms with Crippen LogP contribution in [0.1, 0.15) is 48.5 Å². The minimum absolute atomic E-state index is 0.0959. The molecule has 0 bridgehead atoms. The van der Waals surface area contributed by atoms with Crippen LogP contribution in [0.4, 0.5) is 11.4 Å². The topological polar surface area (TPSA) is 105 Å². The summed E-state index contributed by atoms with van der Waals surface area (Å²) in [5, 5.41) is 2.86.